The van der Waals surface area contributed by atoms with Gasteiger partial charge in [0.05, 0.1) is 12.2 Å². The average Bonchev–Trinajstić information content (AvgIpc) is 2.86. The van der Waals surface area contributed by atoms with Crippen molar-refractivity contribution >= 4 is 5.97 Å². The fraction of sp³-hybridized carbons (Fsp3) is 0.231. The van der Waals surface area contributed by atoms with Crippen molar-refractivity contribution in [2.45, 2.75) is 19.5 Å². The van der Waals surface area contributed by atoms with E-state index in [1.165, 1.54) is 6.07 Å². The number of carboxylic acid groups (broad SMARTS) is 1. The van der Waals surface area contributed by atoms with Crippen LogP contribution < -0.4 is 5.32 Å². The Labute approximate surface area is 104 Å². The monoisotopic (exact) mass is 246 g/mol. The van der Waals surface area contributed by atoms with Crippen LogP contribution in [0.25, 0.3) is 0 Å². The molecule has 2 aromatic rings. The summed E-state index contributed by atoms with van der Waals surface area (Å²) in [6.07, 6.45) is 1.74. The molecule has 2 N–H and O–H groups in total. The lowest BCUT2D eigenvalue weighted by molar-refractivity contribution is 0.0660. The van der Waals surface area contributed by atoms with E-state index in [-0.39, 0.29) is 11.8 Å². The van der Waals surface area contributed by atoms with Crippen molar-refractivity contribution in [3.8, 4) is 0 Å². The molecule has 0 aromatic carbocycles. The standard InChI is InChI=1S/C13H14N2O3/c1-9(11-4-2-3-7-14-11)15-8-10-5-6-12(18-10)13(16)17/h2-7,9,15H,8H2,1H3,(H,16,17). The number of nitrogens with one attached hydrogen (secondary N) is 1. The van der Waals surface area contributed by atoms with E-state index in [1.54, 1.807) is 12.3 Å². The SMILES string of the molecule is CC(NCc1ccc(C(=O)O)o1)c1ccccn1. The molecule has 0 amide bonds. The molecule has 0 aliphatic carbocycles. The highest BCUT2D eigenvalue weighted by molar-refractivity contribution is 5.84. The van der Waals surface area contributed by atoms with Gasteiger partial charge in [-0.25, -0.2) is 4.79 Å². The minimum atomic E-state index is -1.06. The quantitative estimate of drug-likeness (QED) is 0.846. The summed E-state index contributed by atoms with van der Waals surface area (Å²) in [6.45, 7) is 2.45. The number of hydrogen-bond donors (Lipinski definition) is 2. The zero-order valence-electron chi connectivity index (χ0n) is 9.96. The molecular weight excluding hydrogens is 232 g/mol. The highest BCUT2D eigenvalue weighted by Gasteiger charge is 2.10. The van der Waals surface area contributed by atoms with E-state index in [4.69, 9.17) is 9.52 Å². The number of rotatable bonds is 5. The van der Waals surface area contributed by atoms with Crippen molar-refractivity contribution in [1.29, 1.82) is 0 Å². The number of furan rings is 1. The van der Waals surface area contributed by atoms with Gasteiger partial charge in [0, 0.05) is 12.2 Å². The van der Waals surface area contributed by atoms with Gasteiger partial charge in [-0.1, -0.05) is 6.07 Å². The maximum absolute atomic E-state index is 10.6. The highest BCUT2D eigenvalue weighted by atomic mass is 16.4. The van der Waals surface area contributed by atoms with E-state index in [9.17, 15) is 4.79 Å². The smallest absolute Gasteiger partial charge is 0.371 e. The average molecular weight is 246 g/mol. The third-order valence-electron chi connectivity index (χ3n) is 2.59. The van der Waals surface area contributed by atoms with Crippen LogP contribution in [0.1, 0.15) is 35.0 Å². The fourth-order valence-corrected chi connectivity index (χ4v) is 1.58. The second-order valence-electron chi connectivity index (χ2n) is 3.93. The Morgan fingerprint density at radius 3 is 2.89 bits per heavy atom. The first kappa shape index (κ1) is 12.3. The largest absolute Gasteiger partial charge is 0.475 e. The Kier molecular flexibility index (Phi) is 3.74. The Balaban J connectivity index is 1.93. The number of aromatic carboxylic acids is 1. The number of carbonyl (C=O) groups is 1. The lowest BCUT2D eigenvalue weighted by Crippen LogP contribution is -2.18. The van der Waals surface area contributed by atoms with Gasteiger partial charge in [-0.15, -0.1) is 0 Å². The molecule has 2 aromatic heterocycles. The van der Waals surface area contributed by atoms with E-state index in [0.29, 0.717) is 12.3 Å². The number of pyridine rings is 1. The van der Waals surface area contributed by atoms with E-state index >= 15 is 0 Å². The van der Waals surface area contributed by atoms with Gasteiger partial charge in [0.25, 0.3) is 0 Å². The van der Waals surface area contributed by atoms with Gasteiger partial charge in [-0.3, -0.25) is 4.98 Å². The molecule has 0 radical (unpaired) electrons. The molecule has 1 atom stereocenters. The minimum absolute atomic E-state index is 0.0442. The van der Waals surface area contributed by atoms with Crippen molar-refractivity contribution in [3.63, 3.8) is 0 Å². The second kappa shape index (κ2) is 5.46. The number of aromatic nitrogens is 1. The lowest BCUT2D eigenvalue weighted by Gasteiger charge is -2.11. The van der Waals surface area contributed by atoms with Gasteiger partial charge in [0.15, 0.2) is 0 Å². The summed E-state index contributed by atoms with van der Waals surface area (Å²) in [5, 5.41) is 11.9. The first-order chi connectivity index (χ1) is 8.66. The summed E-state index contributed by atoms with van der Waals surface area (Å²) in [5.41, 5.74) is 0.933. The molecular formula is C13H14N2O3. The van der Waals surface area contributed by atoms with Crippen LogP contribution in [0.3, 0.4) is 0 Å². The molecule has 0 fully saturated rings. The molecule has 0 bridgehead atoms. The molecule has 2 heterocycles. The molecule has 5 heteroatoms. The molecule has 0 aliphatic heterocycles. The fourth-order valence-electron chi connectivity index (χ4n) is 1.58. The first-order valence-corrected chi connectivity index (χ1v) is 5.63. The van der Waals surface area contributed by atoms with Crippen molar-refractivity contribution < 1.29 is 14.3 Å². The highest BCUT2D eigenvalue weighted by Crippen LogP contribution is 2.11. The molecule has 0 spiro atoms. The second-order valence-corrected chi connectivity index (χ2v) is 3.93. The zero-order chi connectivity index (χ0) is 13.0. The van der Waals surface area contributed by atoms with Gasteiger partial charge in [-0.2, -0.15) is 0 Å². The number of hydrogen-bond acceptors (Lipinski definition) is 4. The zero-order valence-corrected chi connectivity index (χ0v) is 9.96. The van der Waals surface area contributed by atoms with Crippen LogP contribution in [0.2, 0.25) is 0 Å². The summed E-state index contributed by atoms with van der Waals surface area (Å²) >= 11 is 0. The minimum Gasteiger partial charge on any atom is -0.475 e. The van der Waals surface area contributed by atoms with Crippen LogP contribution in [0.15, 0.2) is 40.9 Å². The summed E-state index contributed by atoms with van der Waals surface area (Å²) < 4.78 is 5.15. The molecule has 94 valence electrons. The van der Waals surface area contributed by atoms with Crippen molar-refractivity contribution in [3.05, 3.63) is 53.7 Å². The Hall–Kier alpha value is -2.14. The molecule has 5 nitrogen and oxygen atoms in total. The Morgan fingerprint density at radius 2 is 2.28 bits per heavy atom. The van der Waals surface area contributed by atoms with Gasteiger partial charge in [0.2, 0.25) is 5.76 Å². The summed E-state index contributed by atoms with van der Waals surface area (Å²) in [5.74, 6) is -0.508. The molecule has 18 heavy (non-hydrogen) atoms. The van der Waals surface area contributed by atoms with Gasteiger partial charge >= 0.3 is 5.97 Å². The molecule has 0 aliphatic rings. The van der Waals surface area contributed by atoms with Crippen molar-refractivity contribution in [1.82, 2.24) is 10.3 Å². The Bertz CT molecular complexity index is 522. The molecule has 0 saturated carbocycles. The number of carboxylic acids is 1. The Morgan fingerprint density at radius 1 is 1.44 bits per heavy atom. The molecule has 2 rings (SSSR count). The van der Waals surface area contributed by atoms with Crippen molar-refractivity contribution in [2.24, 2.45) is 0 Å². The van der Waals surface area contributed by atoms with E-state index in [1.807, 2.05) is 25.1 Å². The van der Waals surface area contributed by atoms with Crippen LogP contribution in [-0.2, 0) is 6.54 Å². The third kappa shape index (κ3) is 2.95. The normalized spacial score (nSPS) is 12.3. The van der Waals surface area contributed by atoms with Gasteiger partial charge < -0.3 is 14.8 Å². The summed E-state index contributed by atoms with van der Waals surface area (Å²) in [4.78, 5) is 14.9. The van der Waals surface area contributed by atoms with Crippen LogP contribution >= 0.6 is 0 Å². The van der Waals surface area contributed by atoms with E-state index < -0.39 is 5.97 Å². The van der Waals surface area contributed by atoms with Crippen molar-refractivity contribution in [2.75, 3.05) is 0 Å². The van der Waals surface area contributed by atoms with Gasteiger partial charge in [-0.05, 0) is 31.2 Å². The first-order valence-electron chi connectivity index (χ1n) is 5.63. The predicted molar refractivity (Wildman–Crippen MR) is 65.2 cm³/mol. The van der Waals surface area contributed by atoms with Crippen LogP contribution in [-0.4, -0.2) is 16.1 Å². The maximum Gasteiger partial charge on any atom is 0.371 e. The lowest BCUT2D eigenvalue weighted by atomic mass is 10.2. The third-order valence-corrected chi connectivity index (χ3v) is 2.59. The predicted octanol–water partition coefficient (Wildman–Crippen LogP) is 2.22. The molecule has 0 saturated heterocycles. The molecule has 1 unspecified atom stereocenters. The van der Waals surface area contributed by atoms with Gasteiger partial charge in [0.1, 0.15) is 5.76 Å². The van der Waals surface area contributed by atoms with Crippen LogP contribution in [0.4, 0.5) is 0 Å². The van der Waals surface area contributed by atoms with E-state index in [0.717, 1.165) is 5.69 Å². The number of nitrogens with zero attached hydrogens (tertiary/aromatic N) is 1. The van der Waals surface area contributed by atoms with Crippen LogP contribution in [0, 0.1) is 0 Å². The topological polar surface area (TPSA) is 75.4 Å². The van der Waals surface area contributed by atoms with E-state index in [2.05, 4.69) is 10.3 Å². The summed E-state index contributed by atoms with van der Waals surface area (Å²) in [7, 11) is 0. The maximum atomic E-state index is 10.6. The summed E-state index contributed by atoms with van der Waals surface area (Å²) in [6, 6.07) is 8.90. The van der Waals surface area contributed by atoms with Crippen LogP contribution in [0.5, 0.6) is 0 Å².